The maximum atomic E-state index is 13.8. The number of fused-ring (bicyclic) bond motifs is 3. The van der Waals surface area contributed by atoms with Gasteiger partial charge in [0.25, 0.3) is 0 Å². The molecule has 1 unspecified atom stereocenters. The van der Waals surface area contributed by atoms with E-state index in [1.165, 1.54) is 28.8 Å². The minimum Gasteiger partial charge on any atom is -0.350 e. The van der Waals surface area contributed by atoms with Crippen LogP contribution in [0.4, 0.5) is 18.9 Å². The lowest BCUT2D eigenvalue weighted by Gasteiger charge is -2.30. The number of nitrogens with one attached hydrogen (secondary N) is 1. The summed E-state index contributed by atoms with van der Waals surface area (Å²) in [5.41, 5.74) is 1.44. The summed E-state index contributed by atoms with van der Waals surface area (Å²) in [7, 11) is 1.80. The first-order valence-electron chi connectivity index (χ1n) is 11.3. The van der Waals surface area contributed by atoms with E-state index in [0.29, 0.717) is 5.69 Å². The second-order valence-corrected chi connectivity index (χ2v) is 9.48. The number of anilines is 1. The maximum absolute atomic E-state index is 13.8. The van der Waals surface area contributed by atoms with E-state index in [1.807, 2.05) is 59.2 Å². The van der Waals surface area contributed by atoms with Crippen molar-refractivity contribution < 1.29 is 22.8 Å². The van der Waals surface area contributed by atoms with Crippen molar-refractivity contribution in [2.45, 2.75) is 23.7 Å². The van der Waals surface area contributed by atoms with Gasteiger partial charge in [0, 0.05) is 35.1 Å². The molecule has 1 aliphatic heterocycles. The summed E-state index contributed by atoms with van der Waals surface area (Å²) in [6, 6.07) is 20.3. The number of aryl methyl sites for hydroxylation is 1. The molecule has 0 saturated carbocycles. The third-order valence-electron chi connectivity index (χ3n) is 6.24. The SMILES string of the molecule is Cn1c2c(c3ccccc31)SCC(=O)N(c1cccc(C(F)(F)F)c1)C2C(=O)NCc1ccccc1. The van der Waals surface area contributed by atoms with Crippen LogP contribution in [0.2, 0.25) is 0 Å². The molecule has 9 heteroatoms. The Hall–Kier alpha value is -3.72. The van der Waals surface area contributed by atoms with Gasteiger partial charge in [-0.2, -0.15) is 13.2 Å². The minimum atomic E-state index is -4.59. The van der Waals surface area contributed by atoms with Crippen molar-refractivity contribution in [1.82, 2.24) is 9.88 Å². The van der Waals surface area contributed by atoms with Crippen LogP contribution >= 0.6 is 11.8 Å². The van der Waals surface area contributed by atoms with Crippen LogP contribution < -0.4 is 10.2 Å². The third kappa shape index (κ3) is 4.35. The summed E-state index contributed by atoms with van der Waals surface area (Å²) < 4.78 is 42.4. The Kier molecular flexibility index (Phi) is 6.26. The monoisotopic (exact) mass is 509 g/mol. The summed E-state index contributed by atoms with van der Waals surface area (Å²) in [5, 5.41) is 3.78. The van der Waals surface area contributed by atoms with Gasteiger partial charge >= 0.3 is 6.18 Å². The molecule has 1 N–H and O–H groups in total. The fourth-order valence-corrected chi connectivity index (χ4v) is 5.69. The molecule has 0 fully saturated rings. The van der Waals surface area contributed by atoms with E-state index in [4.69, 9.17) is 0 Å². The summed E-state index contributed by atoms with van der Waals surface area (Å²) in [6.45, 7) is 0.215. The van der Waals surface area contributed by atoms with Crippen molar-refractivity contribution in [1.29, 1.82) is 0 Å². The molecule has 2 heterocycles. The number of amides is 2. The van der Waals surface area contributed by atoms with Crippen molar-refractivity contribution in [3.05, 3.63) is 95.7 Å². The number of nitrogens with zero attached hydrogens (tertiary/aromatic N) is 2. The van der Waals surface area contributed by atoms with Gasteiger partial charge in [-0.25, -0.2) is 0 Å². The summed E-state index contributed by atoms with van der Waals surface area (Å²) in [6.07, 6.45) is -4.59. The fraction of sp³-hybridized carbons (Fsp3) is 0.185. The van der Waals surface area contributed by atoms with Crippen LogP contribution in [0.5, 0.6) is 0 Å². The van der Waals surface area contributed by atoms with E-state index in [1.54, 1.807) is 7.05 Å². The summed E-state index contributed by atoms with van der Waals surface area (Å²) in [4.78, 5) is 29.2. The Balaban J connectivity index is 1.66. The number of hydrogen-bond acceptors (Lipinski definition) is 3. The molecule has 4 aromatic rings. The first-order chi connectivity index (χ1) is 17.3. The van der Waals surface area contributed by atoms with Crippen molar-refractivity contribution >= 4 is 40.2 Å². The predicted molar refractivity (Wildman–Crippen MR) is 134 cm³/mol. The van der Waals surface area contributed by atoms with Gasteiger partial charge in [0.1, 0.15) is 0 Å². The first kappa shape index (κ1) is 24.0. The Labute approximate surface area is 209 Å². The van der Waals surface area contributed by atoms with Crippen molar-refractivity contribution in [2.75, 3.05) is 10.7 Å². The van der Waals surface area contributed by atoms with E-state index in [9.17, 15) is 22.8 Å². The van der Waals surface area contributed by atoms with Crippen LogP contribution in [0.15, 0.2) is 83.8 Å². The lowest BCUT2D eigenvalue weighted by molar-refractivity contribution is -0.137. The smallest absolute Gasteiger partial charge is 0.350 e. The number of benzene rings is 3. The number of hydrogen-bond donors (Lipinski definition) is 1. The zero-order valence-electron chi connectivity index (χ0n) is 19.3. The number of para-hydroxylation sites is 1. The molecule has 3 aromatic carbocycles. The Morgan fingerprint density at radius 3 is 2.50 bits per heavy atom. The molecule has 1 aromatic heterocycles. The van der Waals surface area contributed by atoms with E-state index in [0.717, 1.165) is 33.5 Å². The molecule has 1 aliphatic rings. The molecule has 1 atom stereocenters. The molecule has 0 saturated heterocycles. The standard InChI is InChI=1S/C27H22F3N3O2S/c1-32-21-13-6-5-12-20(21)25-23(32)24(26(35)31-15-17-8-3-2-4-9-17)33(22(34)16-36-25)19-11-7-10-18(14-19)27(28,29)30/h2-14,24H,15-16H2,1H3,(H,31,35). The van der Waals surface area contributed by atoms with Gasteiger partial charge in [-0.1, -0.05) is 54.6 Å². The van der Waals surface area contributed by atoms with Gasteiger partial charge in [0.05, 0.1) is 17.0 Å². The lowest BCUT2D eigenvalue weighted by atomic mass is 10.1. The molecule has 5 nitrogen and oxygen atoms in total. The molecule has 0 bridgehead atoms. The molecular formula is C27H22F3N3O2S. The highest BCUT2D eigenvalue weighted by atomic mass is 32.2. The molecule has 5 rings (SSSR count). The van der Waals surface area contributed by atoms with Crippen LogP contribution in [0.1, 0.15) is 22.9 Å². The number of rotatable bonds is 4. The first-order valence-corrected chi connectivity index (χ1v) is 12.3. The van der Waals surface area contributed by atoms with Gasteiger partial charge < -0.3 is 9.88 Å². The topological polar surface area (TPSA) is 54.3 Å². The van der Waals surface area contributed by atoms with Crippen LogP contribution in [0.3, 0.4) is 0 Å². The van der Waals surface area contributed by atoms with Gasteiger partial charge in [0.15, 0.2) is 6.04 Å². The number of alkyl halides is 3. The van der Waals surface area contributed by atoms with Crippen molar-refractivity contribution in [3.63, 3.8) is 0 Å². The minimum absolute atomic E-state index is 0.0142. The Morgan fingerprint density at radius 1 is 1.03 bits per heavy atom. The zero-order chi connectivity index (χ0) is 25.4. The van der Waals surface area contributed by atoms with Gasteiger partial charge in [-0.05, 0) is 29.8 Å². The second kappa shape index (κ2) is 9.39. The van der Waals surface area contributed by atoms with E-state index in [-0.39, 0.29) is 18.0 Å². The largest absolute Gasteiger partial charge is 0.416 e. The number of carbonyl (C=O) groups excluding carboxylic acids is 2. The van der Waals surface area contributed by atoms with E-state index in [2.05, 4.69) is 5.32 Å². The van der Waals surface area contributed by atoms with Crippen LogP contribution in [0.25, 0.3) is 10.9 Å². The van der Waals surface area contributed by atoms with Gasteiger partial charge in [0.2, 0.25) is 11.8 Å². The molecule has 0 radical (unpaired) electrons. The van der Waals surface area contributed by atoms with Crippen LogP contribution in [-0.2, 0) is 29.4 Å². The lowest BCUT2D eigenvalue weighted by Crippen LogP contribution is -2.44. The van der Waals surface area contributed by atoms with E-state index < -0.39 is 29.6 Å². The normalized spacial score (nSPS) is 16.1. The summed E-state index contributed by atoms with van der Waals surface area (Å²) >= 11 is 1.30. The molecule has 2 amide bonds. The highest BCUT2D eigenvalue weighted by Crippen LogP contribution is 2.44. The third-order valence-corrected chi connectivity index (χ3v) is 7.35. The number of thioether (sulfide) groups is 1. The molecule has 36 heavy (non-hydrogen) atoms. The Morgan fingerprint density at radius 2 is 1.75 bits per heavy atom. The number of halogens is 3. The average molecular weight is 510 g/mol. The summed E-state index contributed by atoms with van der Waals surface area (Å²) in [5.74, 6) is -0.932. The molecule has 184 valence electrons. The van der Waals surface area contributed by atoms with Crippen LogP contribution in [-0.4, -0.2) is 22.1 Å². The highest BCUT2D eigenvalue weighted by molar-refractivity contribution is 8.00. The molecule has 0 spiro atoms. The van der Waals surface area contributed by atoms with Crippen molar-refractivity contribution in [3.8, 4) is 0 Å². The number of carbonyl (C=O) groups is 2. The molecule has 0 aliphatic carbocycles. The predicted octanol–water partition coefficient (Wildman–Crippen LogP) is 5.69. The average Bonchev–Trinajstić information content (AvgIpc) is 3.05. The van der Waals surface area contributed by atoms with Crippen molar-refractivity contribution in [2.24, 2.45) is 7.05 Å². The van der Waals surface area contributed by atoms with E-state index >= 15 is 0 Å². The molecular weight excluding hydrogens is 487 g/mol. The zero-order valence-corrected chi connectivity index (χ0v) is 20.1. The Bertz CT molecular complexity index is 1450. The van der Waals surface area contributed by atoms with Crippen LogP contribution in [0, 0.1) is 0 Å². The van der Waals surface area contributed by atoms with Gasteiger partial charge in [-0.15, -0.1) is 11.8 Å². The fourth-order valence-electron chi connectivity index (χ4n) is 4.56. The number of aromatic nitrogens is 1. The second-order valence-electron chi connectivity index (χ2n) is 8.50. The van der Waals surface area contributed by atoms with Gasteiger partial charge in [-0.3, -0.25) is 14.5 Å². The highest BCUT2D eigenvalue weighted by Gasteiger charge is 2.40. The quantitative estimate of drug-likeness (QED) is 0.384. The maximum Gasteiger partial charge on any atom is 0.416 e.